The Morgan fingerprint density at radius 3 is 2.60 bits per heavy atom. The van der Waals surface area contributed by atoms with E-state index in [9.17, 15) is 0 Å². The lowest BCUT2D eigenvalue weighted by Crippen LogP contribution is -2.26. The first-order chi connectivity index (χ1) is 9.72. The van der Waals surface area contributed by atoms with Gasteiger partial charge in [0.05, 0.1) is 6.04 Å². The SMILES string of the molecule is CCCNC(C)c1nnc(NC2CCC(CC)CC2)o1. The molecule has 1 aliphatic rings. The number of nitrogens with one attached hydrogen (secondary N) is 2. The number of anilines is 1. The van der Waals surface area contributed by atoms with Crippen LogP contribution in [-0.4, -0.2) is 22.8 Å². The lowest BCUT2D eigenvalue weighted by atomic mass is 9.85. The first-order valence-corrected chi connectivity index (χ1v) is 8.06. The van der Waals surface area contributed by atoms with Gasteiger partial charge in [0.15, 0.2) is 0 Å². The molecule has 0 aliphatic heterocycles. The summed E-state index contributed by atoms with van der Waals surface area (Å²) in [6, 6.07) is 1.18. The molecule has 1 saturated carbocycles. The fraction of sp³-hybridized carbons (Fsp3) is 0.867. The van der Waals surface area contributed by atoms with E-state index < -0.39 is 0 Å². The fourth-order valence-corrected chi connectivity index (χ4v) is 2.81. The topological polar surface area (TPSA) is 63.0 Å². The molecule has 1 fully saturated rings. The third-order valence-corrected chi connectivity index (χ3v) is 4.26. The largest absolute Gasteiger partial charge is 0.406 e. The lowest BCUT2D eigenvalue weighted by molar-refractivity contribution is 0.325. The minimum absolute atomic E-state index is 0.119. The van der Waals surface area contributed by atoms with Gasteiger partial charge in [0, 0.05) is 6.04 Å². The molecular formula is C15H28N4O. The lowest BCUT2D eigenvalue weighted by Gasteiger charge is -2.27. The van der Waals surface area contributed by atoms with E-state index in [-0.39, 0.29) is 6.04 Å². The summed E-state index contributed by atoms with van der Waals surface area (Å²) in [6.45, 7) is 7.45. The van der Waals surface area contributed by atoms with Gasteiger partial charge in [0.2, 0.25) is 5.89 Å². The summed E-state index contributed by atoms with van der Waals surface area (Å²) in [7, 11) is 0. The van der Waals surface area contributed by atoms with Crippen molar-refractivity contribution in [1.29, 1.82) is 0 Å². The van der Waals surface area contributed by atoms with E-state index in [1.165, 1.54) is 32.1 Å². The van der Waals surface area contributed by atoms with Crippen LogP contribution in [0.2, 0.25) is 0 Å². The molecule has 5 heteroatoms. The molecule has 20 heavy (non-hydrogen) atoms. The highest BCUT2D eigenvalue weighted by atomic mass is 16.4. The first kappa shape index (κ1) is 15.3. The van der Waals surface area contributed by atoms with Gasteiger partial charge >= 0.3 is 6.01 Å². The van der Waals surface area contributed by atoms with Crippen molar-refractivity contribution < 1.29 is 4.42 Å². The van der Waals surface area contributed by atoms with Crippen LogP contribution in [-0.2, 0) is 0 Å². The molecule has 0 aromatic carbocycles. The fourth-order valence-electron chi connectivity index (χ4n) is 2.81. The quantitative estimate of drug-likeness (QED) is 0.800. The van der Waals surface area contributed by atoms with Crippen molar-refractivity contribution in [3.05, 3.63) is 5.89 Å². The number of hydrogen-bond acceptors (Lipinski definition) is 5. The Morgan fingerprint density at radius 1 is 1.20 bits per heavy atom. The highest BCUT2D eigenvalue weighted by molar-refractivity contribution is 5.20. The summed E-state index contributed by atoms with van der Waals surface area (Å²) in [4.78, 5) is 0. The Balaban J connectivity index is 1.81. The van der Waals surface area contributed by atoms with Crippen LogP contribution in [0, 0.1) is 5.92 Å². The minimum Gasteiger partial charge on any atom is -0.406 e. The van der Waals surface area contributed by atoms with Crippen molar-refractivity contribution in [3.8, 4) is 0 Å². The maximum Gasteiger partial charge on any atom is 0.315 e. The van der Waals surface area contributed by atoms with E-state index in [4.69, 9.17) is 4.42 Å². The van der Waals surface area contributed by atoms with E-state index in [1.54, 1.807) is 0 Å². The smallest absolute Gasteiger partial charge is 0.315 e. The summed E-state index contributed by atoms with van der Waals surface area (Å²) < 4.78 is 5.70. The van der Waals surface area contributed by atoms with Gasteiger partial charge in [-0.3, -0.25) is 0 Å². The van der Waals surface area contributed by atoms with Crippen LogP contribution < -0.4 is 10.6 Å². The molecule has 0 bridgehead atoms. The van der Waals surface area contributed by atoms with Gasteiger partial charge in [0.1, 0.15) is 0 Å². The molecule has 1 heterocycles. The highest BCUT2D eigenvalue weighted by Crippen LogP contribution is 2.28. The highest BCUT2D eigenvalue weighted by Gasteiger charge is 2.22. The Morgan fingerprint density at radius 2 is 1.95 bits per heavy atom. The summed E-state index contributed by atoms with van der Waals surface area (Å²) in [5.74, 6) is 1.58. The molecule has 0 amide bonds. The Hall–Kier alpha value is -1.10. The molecule has 1 atom stereocenters. The van der Waals surface area contributed by atoms with Gasteiger partial charge in [0.25, 0.3) is 0 Å². The average Bonchev–Trinajstić information content (AvgIpc) is 2.94. The van der Waals surface area contributed by atoms with Crippen LogP contribution in [0.1, 0.15) is 71.2 Å². The van der Waals surface area contributed by atoms with Gasteiger partial charge in [-0.15, -0.1) is 5.10 Å². The zero-order chi connectivity index (χ0) is 14.4. The van der Waals surface area contributed by atoms with Crippen molar-refractivity contribution in [2.75, 3.05) is 11.9 Å². The summed E-state index contributed by atoms with van der Waals surface area (Å²) >= 11 is 0. The molecule has 0 radical (unpaired) electrons. The second kappa shape index (κ2) is 7.62. The zero-order valence-corrected chi connectivity index (χ0v) is 13.0. The van der Waals surface area contributed by atoms with Crippen LogP contribution in [0.5, 0.6) is 0 Å². The number of hydrogen-bond donors (Lipinski definition) is 2. The maximum absolute atomic E-state index is 5.70. The van der Waals surface area contributed by atoms with Crippen molar-refractivity contribution in [3.63, 3.8) is 0 Å². The molecule has 114 valence electrons. The first-order valence-electron chi connectivity index (χ1n) is 8.06. The van der Waals surface area contributed by atoms with Crippen LogP contribution in [0.15, 0.2) is 4.42 Å². The Labute approximate surface area is 121 Å². The van der Waals surface area contributed by atoms with Crippen LogP contribution >= 0.6 is 0 Å². The monoisotopic (exact) mass is 280 g/mol. The molecule has 0 saturated heterocycles. The minimum atomic E-state index is 0.119. The van der Waals surface area contributed by atoms with E-state index >= 15 is 0 Å². The summed E-state index contributed by atoms with van der Waals surface area (Å²) in [5, 5.41) is 15.0. The van der Waals surface area contributed by atoms with Crippen LogP contribution in [0.25, 0.3) is 0 Å². The molecular weight excluding hydrogens is 252 g/mol. The van der Waals surface area contributed by atoms with Gasteiger partial charge in [-0.1, -0.05) is 25.4 Å². The number of aromatic nitrogens is 2. The second-order valence-corrected chi connectivity index (χ2v) is 5.89. The molecule has 1 unspecified atom stereocenters. The molecule has 1 aromatic rings. The summed E-state index contributed by atoms with van der Waals surface area (Å²) in [5.41, 5.74) is 0. The van der Waals surface area contributed by atoms with Gasteiger partial charge in [-0.05, 0) is 51.5 Å². The molecule has 1 aromatic heterocycles. The third kappa shape index (κ3) is 4.20. The van der Waals surface area contributed by atoms with Crippen molar-refractivity contribution in [1.82, 2.24) is 15.5 Å². The van der Waals surface area contributed by atoms with Crippen molar-refractivity contribution in [2.45, 2.75) is 71.4 Å². The third-order valence-electron chi connectivity index (χ3n) is 4.26. The maximum atomic E-state index is 5.70. The Bertz CT molecular complexity index is 385. The second-order valence-electron chi connectivity index (χ2n) is 5.89. The van der Waals surface area contributed by atoms with Crippen LogP contribution in [0.3, 0.4) is 0 Å². The van der Waals surface area contributed by atoms with Gasteiger partial charge in [-0.25, -0.2) is 0 Å². The average molecular weight is 280 g/mol. The predicted molar refractivity (Wildman–Crippen MR) is 80.7 cm³/mol. The normalized spacial score (nSPS) is 24.6. The van der Waals surface area contributed by atoms with Crippen molar-refractivity contribution >= 4 is 6.01 Å². The Kier molecular flexibility index (Phi) is 5.83. The molecule has 2 N–H and O–H groups in total. The van der Waals surface area contributed by atoms with E-state index in [0.717, 1.165) is 18.9 Å². The predicted octanol–water partition coefficient (Wildman–Crippen LogP) is 3.51. The zero-order valence-electron chi connectivity index (χ0n) is 13.0. The molecule has 5 nitrogen and oxygen atoms in total. The summed E-state index contributed by atoms with van der Waals surface area (Å²) in [6.07, 6.45) is 7.44. The van der Waals surface area contributed by atoms with E-state index in [1.807, 2.05) is 0 Å². The molecule has 0 spiro atoms. The molecule has 2 rings (SSSR count). The van der Waals surface area contributed by atoms with Gasteiger partial charge in [-0.2, -0.15) is 0 Å². The van der Waals surface area contributed by atoms with E-state index in [2.05, 4.69) is 41.6 Å². The standard InChI is InChI=1S/C15H28N4O/c1-4-10-16-11(3)14-18-19-15(20-14)17-13-8-6-12(5-2)7-9-13/h11-13,16H,4-10H2,1-3H3,(H,17,19). The van der Waals surface area contributed by atoms with Crippen molar-refractivity contribution in [2.24, 2.45) is 5.92 Å². The van der Waals surface area contributed by atoms with Crippen LogP contribution in [0.4, 0.5) is 6.01 Å². The van der Waals surface area contributed by atoms with Gasteiger partial charge < -0.3 is 15.1 Å². The molecule has 1 aliphatic carbocycles. The number of nitrogens with zero attached hydrogens (tertiary/aromatic N) is 2. The number of rotatable bonds is 7. The van der Waals surface area contributed by atoms with E-state index in [0.29, 0.717) is 17.9 Å².